The number of rotatable bonds is 4. The fourth-order valence-electron chi connectivity index (χ4n) is 1.62. The molecule has 2 rings (SSSR count). The van der Waals surface area contributed by atoms with Crippen LogP contribution in [0.2, 0.25) is 0 Å². The predicted octanol–water partition coefficient (Wildman–Crippen LogP) is 1.43. The van der Waals surface area contributed by atoms with Crippen molar-refractivity contribution in [3.05, 3.63) is 60.3 Å². The average Bonchev–Trinajstić information content (AvgIpc) is 2.53. The van der Waals surface area contributed by atoms with Gasteiger partial charge in [0.1, 0.15) is 0 Å². The summed E-state index contributed by atoms with van der Waals surface area (Å²) < 4.78 is 24.7. The molecule has 0 aliphatic heterocycles. The number of sulfone groups is 1. The molecule has 0 bridgehead atoms. The molecule has 0 aliphatic rings. The van der Waals surface area contributed by atoms with Crippen molar-refractivity contribution in [3.8, 4) is 0 Å². The Morgan fingerprint density at radius 1 is 1.19 bits per heavy atom. The largest absolute Gasteiger partial charge is 0.288 e. The number of hydroxylamine groups is 1. The van der Waals surface area contributed by atoms with Gasteiger partial charge in [-0.2, -0.15) is 0 Å². The zero-order valence-electron chi connectivity index (χ0n) is 10.8. The lowest BCUT2D eigenvalue weighted by atomic mass is 10.2. The molecule has 0 saturated heterocycles. The van der Waals surface area contributed by atoms with Crippen LogP contribution in [0.3, 0.4) is 0 Å². The van der Waals surface area contributed by atoms with Gasteiger partial charge in [0.25, 0.3) is 5.91 Å². The minimum absolute atomic E-state index is 0.0424. The molecule has 0 atom stereocenters. The van der Waals surface area contributed by atoms with Crippen molar-refractivity contribution < 1.29 is 18.4 Å². The zero-order chi connectivity index (χ0) is 15.3. The summed E-state index contributed by atoms with van der Waals surface area (Å²) in [6.07, 6.45) is 3.89. The first-order valence-electron chi connectivity index (χ1n) is 5.92. The standard InChI is InChI=1S/C14H12N2O4S/c17-13(16-18)8-7-11-4-3-5-12(10-11)21(19,20)14-6-1-2-9-15-14/h1-10,18H,(H,16,17)/b8-7+. The van der Waals surface area contributed by atoms with Crippen molar-refractivity contribution in [2.75, 3.05) is 0 Å². The topological polar surface area (TPSA) is 96.4 Å². The molecule has 21 heavy (non-hydrogen) atoms. The number of carbonyl (C=O) groups excluding carboxylic acids is 1. The van der Waals surface area contributed by atoms with Crippen LogP contribution in [0.1, 0.15) is 5.56 Å². The van der Waals surface area contributed by atoms with E-state index in [1.54, 1.807) is 24.3 Å². The average molecular weight is 304 g/mol. The molecule has 0 unspecified atom stereocenters. The number of benzene rings is 1. The normalized spacial score (nSPS) is 11.5. The Balaban J connectivity index is 2.38. The lowest BCUT2D eigenvalue weighted by molar-refractivity contribution is -0.124. The van der Waals surface area contributed by atoms with Gasteiger partial charge in [0, 0.05) is 12.3 Å². The molecular weight excluding hydrogens is 292 g/mol. The van der Waals surface area contributed by atoms with Gasteiger partial charge < -0.3 is 0 Å². The maximum atomic E-state index is 12.4. The summed E-state index contributed by atoms with van der Waals surface area (Å²) in [7, 11) is -3.70. The highest BCUT2D eigenvalue weighted by atomic mass is 32.2. The van der Waals surface area contributed by atoms with Crippen molar-refractivity contribution in [2.24, 2.45) is 0 Å². The lowest BCUT2D eigenvalue weighted by Crippen LogP contribution is -2.14. The summed E-state index contributed by atoms with van der Waals surface area (Å²) in [6, 6.07) is 10.7. The molecule has 2 aromatic rings. The fraction of sp³-hybridized carbons (Fsp3) is 0. The quantitative estimate of drug-likeness (QED) is 0.506. The Hall–Kier alpha value is -2.51. The van der Waals surface area contributed by atoms with Crippen LogP contribution in [0.25, 0.3) is 6.08 Å². The van der Waals surface area contributed by atoms with Crippen molar-refractivity contribution in [1.29, 1.82) is 0 Å². The molecule has 0 fully saturated rings. The molecule has 1 heterocycles. The first-order valence-corrected chi connectivity index (χ1v) is 7.41. The smallest absolute Gasteiger partial charge is 0.267 e. The van der Waals surface area contributed by atoms with Crippen molar-refractivity contribution in [1.82, 2.24) is 10.5 Å². The summed E-state index contributed by atoms with van der Waals surface area (Å²) in [5.74, 6) is -0.701. The number of hydrogen-bond donors (Lipinski definition) is 2. The van der Waals surface area contributed by atoms with Crippen LogP contribution in [-0.4, -0.2) is 24.5 Å². The minimum atomic E-state index is -3.70. The van der Waals surface area contributed by atoms with Crippen LogP contribution >= 0.6 is 0 Å². The van der Waals surface area contributed by atoms with Gasteiger partial charge in [-0.3, -0.25) is 10.0 Å². The highest BCUT2D eigenvalue weighted by Crippen LogP contribution is 2.20. The van der Waals surface area contributed by atoms with Gasteiger partial charge in [-0.1, -0.05) is 18.2 Å². The molecular formula is C14H12N2O4S. The van der Waals surface area contributed by atoms with Crippen molar-refractivity contribution >= 4 is 21.8 Å². The second kappa shape index (κ2) is 6.29. The van der Waals surface area contributed by atoms with Crippen LogP contribution in [0.4, 0.5) is 0 Å². The highest BCUT2D eigenvalue weighted by Gasteiger charge is 2.18. The van der Waals surface area contributed by atoms with Crippen LogP contribution in [-0.2, 0) is 14.6 Å². The summed E-state index contributed by atoms with van der Waals surface area (Å²) in [4.78, 5) is 14.8. The van der Waals surface area contributed by atoms with Gasteiger partial charge in [0.2, 0.25) is 9.84 Å². The zero-order valence-corrected chi connectivity index (χ0v) is 11.6. The number of aromatic nitrogens is 1. The van der Waals surface area contributed by atoms with E-state index in [2.05, 4.69) is 4.98 Å². The van der Waals surface area contributed by atoms with Crippen LogP contribution in [0.15, 0.2) is 64.7 Å². The van der Waals surface area contributed by atoms with E-state index in [0.717, 1.165) is 6.08 Å². The van der Waals surface area contributed by atoms with Gasteiger partial charge in [-0.05, 0) is 35.9 Å². The Bertz CT molecular complexity index is 771. The SMILES string of the molecule is O=C(/C=C/c1cccc(S(=O)(=O)c2ccccn2)c1)NO. The number of nitrogens with one attached hydrogen (secondary N) is 1. The van der Waals surface area contributed by atoms with E-state index >= 15 is 0 Å². The number of amides is 1. The third-order valence-corrected chi connectivity index (χ3v) is 4.29. The first kappa shape index (κ1) is 14.9. The predicted molar refractivity (Wildman–Crippen MR) is 75.1 cm³/mol. The number of nitrogens with zero attached hydrogens (tertiary/aromatic N) is 1. The van der Waals surface area contributed by atoms with E-state index in [-0.39, 0.29) is 9.92 Å². The maximum absolute atomic E-state index is 12.4. The maximum Gasteiger partial charge on any atom is 0.267 e. The van der Waals surface area contributed by atoms with E-state index < -0.39 is 15.7 Å². The Kier molecular flexibility index (Phi) is 4.46. The summed E-state index contributed by atoms with van der Waals surface area (Å²) in [6.45, 7) is 0. The monoisotopic (exact) mass is 304 g/mol. The van der Waals surface area contributed by atoms with E-state index in [9.17, 15) is 13.2 Å². The molecule has 108 valence electrons. The van der Waals surface area contributed by atoms with Gasteiger partial charge in [0.15, 0.2) is 5.03 Å². The fourth-order valence-corrected chi connectivity index (χ4v) is 2.87. The van der Waals surface area contributed by atoms with Gasteiger partial charge >= 0.3 is 0 Å². The summed E-state index contributed by atoms with van der Waals surface area (Å²) in [5, 5.41) is 8.35. The second-order valence-electron chi connectivity index (χ2n) is 4.05. The molecule has 7 heteroatoms. The molecule has 1 amide bonds. The van der Waals surface area contributed by atoms with Gasteiger partial charge in [-0.25, -0.2) is 18.9 Å². The molecule has 0 radical (unpaired) electrons. The molecule has 1 aromatic carbocycles. The molecule has 1 aromatic heterocycles. The third-order valence-electron chi connectivity index (χ3n) is 2.62. The Morgan fingerprint density at radius 2 is 2.00 bits per heavy atom. The van der Waals surface area contributed by atoms with E-state index in [1.165, 1.54) is 36.0 Å². The van der Waals surface area contributed by atoms with Crippen molar-refractivity contribution in [3.63, 3.8) is 0 Å². The first-order chi connectivity index (χ1) is 10.0. The summed E-state index contributed by atoms with van der Waals surface area (Å²) >= 11 is 0. The number of pyridine rings is 1. The molecule has 0 spiro atoms. The van der Waals surface area contributed by atoms with E-state index in [1.807, 2.05) is 0 Å². The number of hydrogen-bond acceptors (Lipinski definition) is 5. The Morgan fingerprint density at radius 3 is 2.67 bits per heavy atom. The Labute approximate surface area is 121 Å². The summed E-state index contributed by atoms with van der Waals surface area (Å²) in [5.41, 5.74) is 1.96. The number of carbonyl (C=O) groups is 1. The molecule has 0 aliphatic carbocycles. The van der Waals surface area contributed by atoms with Crippen LogP contribution in [0.5, 0.6) is 0 Å². The van der Waals surface area contributed by atoms with Crippen molar-refractivity contribution in [2.45, 2.75) is 9.92 Å². The molecule has 2 N–H and O–H groups in total. The van der Waals surface area contributed by atoms with Gasteiger partial charge in [0.05, 0.1) is 4.90 Å². The highest BCUT2D eigenvalue weighted by molar-refractivity contribution is 7.91. The van der Waals surface area contributed by atoms with Gasteiger partial charge in [-0.15, -0.1) is 0 Å². The second-order valence-corrected chi connectivity index (χ2v) is 5.95. The lowest BCUT2D eigenvalue weighted by Gasteiger charge is -2.04. The van der Waals surface area contributed by atoms with Crippen LogP contribution in [0, 0.1) is 0 Å². The van der Waals surface area contributed by atoms with E-state index in [4.69, 9.17) is 5.21 Å². The minimum Gasteiger partial charge on any atom is -0.288 e. The molecule has 6 nitrogen and oxygen atoms in total. The van der Waals surface area contributed by atoms with Crippen LogP contribution < -0.4 is 5.48 Å². The third kappa shape index (κ3) is 3.53. The molecule has 0 saturated carbocycles. The van der Waals surface area contributed by atoms with E-state index in [0.29, 0.717) is 5.56 Å².